The van der Waals surface area contributed by atoms with E-state index in [1.807, 2.05) is 36.4 Å². The molecule has 1 fully saturated rings. The predicted molar refractivity (Wildman–Crippen MR) is 100 cm³/mol. The third kappa shape index (κ3) is 4.75. The molecule has 0 spiro atoms. The Balaban J connectivity index is 1.51. The van der Waals surface area contributed by atoms with Gasteiger partial charge in [-0.2, -0.15) is 0 Å². The molecule has 1 aromatic carbocycles. The summed E-state index contributed by atoms with van der Waals surface area (Å²) in [4.78, 5) is 15.5. The van der Waals surface area contributed by atoms with Crippen LogP contribution < -0.4 is 10.1 Å². The van der Waals surface area contributed by atoms with Crippen molar-refractivity contribution < 1.29 is 19.7 Å². The molecule has 3 atom stereocenters. The van der Waals surface area contributed by atoms with Crippen molar-refractivity contribution in [2.75, 3.05) is 6.61 Å². The molecule has 1 aliphatic heterocycles. The van der Waals surface area contributed by atoms with E-state index in [0.29, 0.717) is 17.9 Å². The van der Waals surface area contributed by atoms with Crippen LogP contribution in [0.5, 0.6) is 5.75 Å². The highest BCUT2D eigenvalue weighted by Gasteiger charge is 2.31. The number of amides is 1. The van der Waals surface area contributed by atoms with Crippen LogP contribution >= 0.6 is 11.8 Å². The summed E-state index contributed by atoms with van der Waals surface area (Å²) in [5.74, 6) is 0.645. The molecule has 7 heteroatoms. The quantitative estimate of drug-likeness (QED) is 0.689. The second kappa shape index (κ2) is 8.53. The number of carbonyl (C=O) groups excluding carboxylic acids is 1. The van der Waals surface area contributed by atoms with Crippen molar-refractivity contribution in [3.05, 3.63) is 59.4 Å². The molecule has 2 aromatic rings. The number of aryl methyl sites for hydroxylation is 1. The molecule has 1 saturated heterocycles. The third-order valence-corrected chi connectivity index (χ3v) is 5.30. The Labute approximate surface area is 156 Å². The Hall–Kier alpha value is -2.09. The molecule has 3 rings (SSSR count). The van der Waals surface area contributed by atoms with Gasteiger partial charge in [0, 0.05) is 6.20 Å². The minimum absolute atomic E-state index is 0.118. The number of ether oxygens (including phenoxy) is 1. The highest BCUT2D eigenvalue weighted by atomic mass is 32.2. The van der Waals surface area contributed by atoms with Crippen molar-refractivity contribution in [1.82, 2.24) is 10.3 Å². The lowest BCUT2D eigenvalue weighted by atomic mass is 10.1. The number of thioether (sulfide) groups is 1. The van der Waals surface area contributed by atoms with Crippen LogP contribution in [-0.4, -0.2) is 38.5 Å². The van der Waals surface area contributed by atoms with Gasteiger partial charge >= 0.3 is 0 Å². The zero-order chi connectivity index (χ0) is 18.5. The first-order valence-electron chi connectivity index (χ1n) is 8.55. The topological polar surface area (TPSA) is 91.7 Å². The molecule has 0 bridgehead atoms. The summed E-state index contributed by atoms with van der Waals surface area (Å²) in [6.45, 7) is 2.17. The average Bonchev–Trinajstić information content (AvgIpc) is 2.98. The van der Waals surface area contributed by atoms with E-state index >= 15 is 0 Å². The number of carbonyl (C=O) groups is 1. The Kier molecular flexibility index (Phi) is 6.13. The summed E-state index contributed by atoms with van der Waals surface area (Å²) in [6, 6.07) is 11.2. The van der Waals surface area contributed by atoms with E-state index in [1.54, 1.807) is 6.20 Å². The molecule has 1 aromatic heterocycles. The average molecular weight is 374 g/mol. The normalized spacial score (nSPS) is 20.7. The van der Waals surface area contributed by atoms with Gasteiger partial charge in [0.25, 0.3) is 5.24 Å². The van der Waals surface area contributed by atoms with Crippen molar-refractivity contribution in [2.45, 2.75) is 37.3 Å². The molecular formula is C19H22N2O4S. The van der Waals surface area contributed by atoms with E-state index in [-0.39, 0.29) is 17.1 Å². The molecule has 0 aliphatic carbocycles. The first-order chi connectivity index (χ1) is 12.5. The fourth-order valence-corrected chi connectivity index (χ4v) is 3.60. The lowest BCUT2D eigenvalue weighted by Gasteiger charge is -2.14. The highest BCUT2D eigenvalue weighted by Crippen LogP contribution is 2.26. The number of rotatable bonds is 7. The van der Waals surface area contributed by atoms with Gasteiger partial charge in [-0.15, -0.1) is 0 Å². The second-order valence-electron chi connectivity index (χ2n) is 6.15. The summed E-state index contributed by atoms with van der Waals surface area (Å²) in [6.07, 6.45) is 1.66. The molecular weight excluding hydrogens is 352 g/mol. The first kappa shape index (κ1) is 18.7. The standard InChI is InChI=1S/C19H22N2O4S/c1-2-12-5-8-15(20-10-12)16(22)11-25-14-6-3-13(4-7-14)9-17-18(23)21-19(24)26-17/h3-8,10,16-18,22-23H,2,9,11H2,1H3,(H,21,24)/t16-,17?,18?/m0/s1. The molecule has 2 unspecified atom stereocenters. The van der Waals surface area contributed by atoms with Crippen molar-refractivity contribution in [3.8, 4) is 5.75 Å². The van der Waals surface area contributed by atoms with Crippen LogP contribution in [0.3, 0.4) is 0 Å². The number of pyridine rings is 1. The van der Waals surface area contributed by atoms with Crippen molar-refractivity contribution in [3.63, 3.8) is 0 Å². The summed E-state index contributed by atoms with van der Waals surface area (Å²) in [5.41, 5.74) is 2.71. The minimum Gasteiger partial charge on any atom is -0.490 e. The Bertz CT molecular complexity index is 736. The second-order valence-corrected chi connectivity index (χ2v) is 7.36. The Morgan fingerprint density at radius 2 is 1.96 bits per heavy atom. The maximum atomic E-state index is 11.3. The summed E-state index contributed by atoms with van der Waals surface area (Å²) < 4.78 is 5.63. The number of aliphatic hydroxyl groups excluding tert-OH is 2. The van der Waals surface area contributed by atoms with Crippen LogP contribution in [0.25, 0.3) is 0 Å². The van der Waals surface area contributed by atoms with E-state index in [9.17, 15) is 15.0 Å². The van der Waals surface area contributed by atoms with Crippen molar-refractivity contribution in [2.24, 2.45) is 0 Å². The number of hydrogen-bond acceptors (Lipinski definition) is 6. The Morgan fingerprint density at radius 1 is 1.23 bits per heavy atom. The first-order valence-corrected chi connectivity index (χ1v) is 9.43. The van der Waals surface area contributed by atoms with Gasteiger partial charge in [0.2, 0.25) is 0 Å². The van der Waals surface area contributed by atoms with Gasteiger partial charge in [-0.05, 0) is 42.2 Å². The zero-order valence-corrected chi connectivity index (χ0v) is 15.3. The van der Waals surface area contributed by atoms with E-state index in [1.165, 1.54) is 0 Å². The maximum Gasteiger partial charge on any atom is 0.281 e. The molecule has 1 amide bonds. The van der Waals surface area contributed by atoms with Crippen LogP contribution in [-0.2, 0) is 12.8 Å². The van der Waals surface area contributed by atoms with Gasteiger partial charge in [0.1, 0.15) is 24.7 Å². The highest BCUT2D eigenvalue weighted by molar-refractivity contribution is 8.14. The van der Waals surface area contributed by atoms with Gasteiger partial charge in [0.05, 0.1) is 10.9 Å². The van der Waals surface area contributed by atoms with Crippen molar-refractivity contribution >= 4 is 17.0 Å². The molecule has 6 nitrogen and oxygen atoms in total. The van der Waals surface area contributed by atoms with Gasteiger partial charge in [-0.25, -0.2) is 0 Å². The van der Waals surface area contributed by atoms with E-state index < -0.39 is 12.3 Å². The summed E-state index contributed by atoms with van der Waals surface area (Å²) >= 11 is 1.12. The van der Waals surface area contributed by atoms with E-state index in [4.69, 9.17) is 4.74 Å². The van der Waals surface area contributed by atoms with Crippen LogP contribution in [0.4, 0.5) is 4.79 Å². The Morgan fingerprint density at radius 3 is 2.54 bits per heavy atom. The predicted octanol–water partition coefficient (Wildman–Crippen LogP) is 2.44. The number of nitrogens with one attached hydrogen (secondary N) is 1. The number of aromatic nitrogens is 1. The molecule has 0 radical (unpaired) electrons. The maximum absolute atomic E-state index is 11.3. The fourth-order valence-electron chi connectivity index (χ4n) is 2.66. The molecule has 2 heterocycles. The largest absolute Gasteiger partial charge is 0.490 e. The molecule has 0 saturated carbocycles. The van der Waals surface area contributed by atoms with Crippen LogP contribution in [0, 0.1) is 0 Å². The van der Waals surface area contributed by atoms with Crippen LogP contribution in [0.2, 0.25) is 0 Å². The molecule has 1 aliphatic rings. The van der Waals surface area contributed by atoms with Gasteiger partial charge in [-0.1, -0.05) is 36.9 Å². The summed E-state index contributed by atoms with van der Waals surface area (Å²) in [5, 5.41) is 22.0. The van der Waals surface area contributed by atoms with Gasteiger partial charge < -0.3 is 20.3 Å². The molecule has 138 valence electrons. The SMILES string of the molecule is CCc1ccc([C@@H](O)COc2ccc(CC3SC(=O)NC3O)cc2)nc1. The van der Waals surface area contributed by atoms with Crippen molar-refractivity contribution in [1.29, 1.82) is 0 Å². The van der Waals surface area contributed by atoms with Crippen LogP contribution in [0.15, 0.2) is 42.6 Å². The summed E-state index contributed by atoms with van der Waals surface area (Å²) in [7, 11) is 0. The monoisotopic (exact) mass is 374 g/mol. The third-order valence-electron chi connectivity index (χ3n) is 4.24. The van der Waals surface area contributed by atoms with Crippen LogP contribution in [0.1, 0.15) is 29.8 Å². The smallest absolute Gasteiger partial charge is 0.281 e. The lowest BCUT2D eigenvalue weighted by molar-refractivity contribution is 0.104. The number of benzene rings is 1. The van der Waals surface area contributed by atoms with E-state index in [2.05, 4.69) is 17.2 Å². The van der Waals surface area contributed by atoms with E-state index in [0.717, 1.165) is 29.3 Å². The number of aliphatic hydroxyl groups is 2. The fraction of sp³-hybridized carbons (Fsp3) is 0.368. The molecule has 26 heavy (non-hydrogen) atoms. The van der Waals surface area contributed by atoms with Gasteiger partial charge in [-0.3, -0.25) is 9.78 Å². The molecule has 3 N–H and O–H groups in total. The van der Waals surface area contributed by atoms with Gasteiger partial charge in [0.15, 0.2) is 0 Å². The lowest BCUT2D eigenvalue weighted by Crippen LogP contribution is -2.31. The number of hydrogen-bond donors (Lipinski definition) is 3. The zero-order valence-electron chi connectivity index (χ0n) is 14.5. The number of nitrogens with zero attached hydrogens (tertiary/aromatic N) is 1. The minimum atomic E-state index is -0.815.